The van der Waals surface area contributed by atoms with Gasteiger partial charge in [-0.25, -0.2) is 0 Å². The van der Waals surface area contributed by atoms with E-state index in [0.717, 1.165) is 18.4 Å². The highest BCUT2D eigenvalue weighted by molar-refractivity contribution is 5.51. The summed E-state index contributed by atoms with van der Waals surface area (Å²) in [6.07, 6.45) is 4.23. The molecule has 1 aromatic rings. The van der Waals surface area contributed by atoms with Crippen molar-refractivity contribution in [2.75, 3.05) is 0 Å². The van der Waals surface area contributed by atoms with Crippen LogP contribution >= 0.6 is 0 Å². The second-order valence-corrected chi connectivity index (χ2v) is 4.59. The zero-order valence-electron chi connectivity index (χ0n) is 10.2. The standard InChI is InChI=1S/C12H20N2O2/c1-4-10(2)14-7-5-11(13-14)9-12(3,16)6-8-15/h5,7-8,10,16H,4,6,9H2,1-3H3. The fourth-order valence-electron chi connectivity index (χ4n) is 1.55. The number of hydrogen-bond acceptors (Lipinski definition) is 3. The summed E-state index contributed by atoms with van der Waals surface area (Å²) in [7, 11) is 0. The molecule has 1 aromatic heterocycles. The molecule has 1 N–H and O–H groups in total. The number of aliphatic hydroxyl groups is 1. The monoisotopic (exact) mass is 224 g/mol. The molecule has 0 fully saturated rings. The summed E-state index contributed by atoms with van der Waals surface area (Å²) >= 11 is 0. The average Bonchev–Trinajstić information content (AvgIpc) is 2.64. The maximum absolute atomic E-state index is 10.4. The summed E-state index contributed by atoms with van der Waals surface area (Å²) in [5, 5.41) is 14.3. The molecule has 0 saturated heterocycles. The van der Waals surface area contributed by atoms with Crippen molar-refractivity contribution in [3.63, 3.8) is 0 Å². The molecule has 0 saturated carbocycles. The second-order valence-electron chi connectivity index (χ2n) is 4.59. The number of aromatic nitrogens is 2. The van der Waals surface area contributed by atoms with Gasteiger partial charge in [-0.3, -0.25) is 4.68 Å². The third kappa shape index (κ3) is 3.45. The summed E-state index contributed by atoms with van der Waals surface area (Å²) in [5.74, 6) is 0. The minimum absolute atomic E-state index is 0.142. The average molecular weight is 224 g/mol. The van der Waals surface area contributed by atoms with Crippen molar-refractivity contribution in [2.45, 2.75) is 51.7 Å². The number of carbonyl (C=O) groups excluding carboxylic acids is 1. The van der Waals surface area contributed by atoms with E-state index in [4.69, 9.17) is 0 Å². The zero-order chi connectivity index (χ0) is 12.2. The van der Waals surface area contributed by atoms with Crippen molar-refractivity contribution in [3.05, 3.63) is 18.0 Å². The zero-order valence-corrected chi connectivity index (χ0v) is 10.2. The van der Waals surface area contributed by atoms with Crippen LogP contribution in [0.2, 0.25) is 0 Å². The van der Waals surface area contributed by atoms with Gasteiger partial charge in [0.1, 0.15) is 6.29 Å². The molecule has 0 aliphatic carbocycles. The Balaban J connectivity index is 2.68. The van der Waals surface area contributed by atoms with Crippen molar-refractivity contribution < 1.29 is 9.90 Å². The lowest BCUT2D eigenvalue weighted by Crippen LogP contribution is -2.27. The van der Waals surface area contributed by atoms with Gasteiger partial charge in [-0.05, 0) is 26.3 Å². The van der Waals surface area contributed by atoms with Gasteiger partial charge in [0.05, 0.1) is 11.3 Å². The first-order valence-corrected chi connectivity index (χ1v) is 5.68. The van der Waals surface area contributed by atoms with E-state index in [1.54, 1.807) is 6.92 Å². The van der Waals surface area contributed by atoms with E-state index < -0.39 is 5.60 Å². The Morgan fingerprint density at radius 1 is 1.69 bits per heavy atom. The quantitative estimate of drug-likeness (QED) is 0.749. The molecule has 2 atom stereocenters. The van der Waals surface area contributed by atoms with Crippen LogP contribution in [0.5, 0.6) is 0 Å². The molecule has 16 heavy (non-hydrogen) atoms. The second kappa shape index (κ2) is 5.25. The molecule has 2 unspecified atom stereocenters. The Kier molecular flexibility index (Phi) is 4.24. The third-order valence-corrected chi connectivity index (χ3v) is 2.79. The molecular weight excluding hydrogens is 204 g/mol. The van der Waals surface area contributed by atoms with Crippen LogP contribution in [0.3, 0.4) is 0 Å². The first kappa shape index (κ1) is 12.9. The lowest BCUT2D eigenvalue weighted by Gasteiger charge is -2.18. The highest BCUT2D eigenvalue weighted by atomic mass is 16.3. The van der Waals surface area contributed by atoms with Gasteiger partial charge in [0.25, 0.3) is 0 Å². The molecule has 0 radical (unpaired) electrons. The van der Waals surface area contributed by atoms with Crippen molar-refractivity contribution in [1.29, 1.82) is 0 Å². The Labute approximate surface area is 96.3 Å². The molecule has 1 rings (SSSR count). The van der Waals surface area contributed by atoms with Gasteiger partial charge in [0, 0.05) is 25.1 Å². The molecule has 90 valence electrons. The molecule has 4 nitrogen and oxygen atoms in total. The maximum Gasteiger partial charge on any atom is 0.122 e. The maximum atomic E-state index is 10.4. The van der Waals surface area contributed by atoms with Gasteiger partial charge in [0.15, 0.2) is 0 Å². The number of hydrogen-bond donors (Lipinski definition) is 1. The van der Waals surface area contributed by atoms with Crippen LogP contribution in [0.1, 0.15) is 45.3 Å². The van der Waals surface area contributed by atoms with E-state index in [-0.39, 0.29) is 6.42 Å². The highest BCUT2D eigenvalue weighted by Crippen LogP contribution is 2.16. The molecule has 0 spiro atoms. The third-order valence-electron chi connectivity index (χ3n) is 2.79. The van der Waals surface area contributed by atoms with Gasteiger partial charge in [-0.15, -0.1) is 0 Å². The SMILES string of the molecule is CCC(C)n1ccc(CC(C)(O)CC=O)n1. The fraction of sp³-hybridized carbons (Fsp3) is 0.667. The van der Waals surface area contributed by atoms with E-state index in [9.17, 15) is 9.90 Å². The molecule has 1 heterocycles. The normalized spacial score (nSPS) is 16.8. The smallest absolute Gasteiger partial charge is 0.122 e. The topological polar surface area (TPSA) is 55.1 Å². The van der Waals surface area contributed by atoms with Crippen molar-refractivity contribution in [3.8, 4) is 0 Å². The summed E-state index contributed by atoms with van der Waals surface area (Å²) in [6.45, 7) is 5.86. The molecule has 0 aliphatic rings. The van der Waals surface area contributed by atoms with Crippen molar-refractivity contribution >= 4 is 6.29 Å². The van der Waals surface area contributed by atoms with Gasteiger partial charge in [-0.1, -0.05) is 6.92 Å². The largest absolute Gasteiger partial charge is 0.389 e. The fourth-order valence-corrected chi connectivity index (χ4v) is 1.55. The molecule has 0 amide bonds. The predicted octanol–water partition coefficient (Wildman–Crippen LogP) is 1.74. The first-order chi connectivity index (χ1) is 7.48. The van der Waals surface area contributed by atoms with Crippen LogP contribution in [-0.2, 0) is 11.2 Å². The lowest BCUT2D eigenvalue weighted by molar-refractivity contribution is -0.111. The van der Waals surface area contributed by atoms with Crippen molar-refractivity contribution in [2.24, 2.45) is 0 Å². The summed E-state index contributed by atoms with van der Waals surface area (Å²) in [5.41, 5.74) is -0.164. The van der Waals surface area contributed by atoms with E-state index in [0.29, 0.717) is 12.5 Å². The lowest BCUT2D eigenvalue weighted by atomic mass is 9.97. The Hall–Kier alpha value is -1.16. The van der Waals surface area contributed by atoms with E-state index in [1.165, 1.54) is 0 Å². The van der Waals surface area contributed by atoms with E-state index in [2.05, 4.69) is 18.9 Å². The summed E-state index contributed by atoms with van der Waals surface area (Å²) in [4.78, 5) is 10.4. The van der Waals surface area contributed by atoms with Crippen LogP contribution in [0.15, 0.2) is 12.3 Å². The van der Waals surface area contributed by atoms with E-state index >= 15 is 0 Å². The van der Waals surface area contributed by atoms with Crippen LogP contribution in [0.25, 0.3) is 0 Å². The molecule has 0 aliphatic heterocycles. The van der Waals surface area contributed by atoms with Gasteiger partial charge < -0.3 is 9.90 Å². The number of rotatable bonds is 6. The van der Waals surface area contributed by atoms with Crippen LogP contribution < -0.4 is 0 Å². The Bertz CT molecular complexity index is 345. The minimum atomic E-state index is -0.990. The Morgan fingerprint density at radius 3 is 2.94 bits per heavy atom. The molecular formula is C12H20N2O2. The molecule has 0 bridgehead atoms. The van der Waals surface area contributed by atoms with E-state index in [1.807, 2.05) is 16.9 Å². The number of carbonyl (C=O) groups is 1. The summed E-state index contributed by atoms with van der Waals surface area (Å²) in [6, 6.07) is 2.26. The van der Waals surface area contributed by atoms with Gasteiger partial charge >= 0.3 is 0 Å². The molecule has 0 aromatic carbocycles. The van der Waals surface area contributed by atoms with Gasteiger partial charge in [-0.2, -0.15) is 5.10 Å². The van der Waals surface area contributed by atoms with Crippen molar-refractivity contribution in [1.82, 2.24) is 9.78 Å². The highest BCUT2D eigenvalue weighted by Gasteiger charge is 2.21. The van der Waals surface area contributed by atoms with Crippen LogP contribution in [-0.4, -0.2) is 26.8 Å². The van der Waals surface area contributed by atoms with Crippen LogP contribution in [0, 0.1) is 0 Å². The number of nitrogens with zero attached hydrogens (tertiary/aromatic N) is 2. The summed E-state index contributed by atoms with van der Waals surface area (Å²) < 4.78 is 1.90. The Morgan fingerprint density at radius 2 is 2.38 bits per heavy atom. The molecule has 4 heteroatoms. The minimum Gasteiger partial charge on any atom is -0.389 e. The number of aldehydes is 1. The first-order valence-electron chi connectivity index (χ1n) is 5.68. The van der Waals surface area contributed by atoms with Gasteiger partial charge in [0.2, 0.25) is 0 Å². The predicted molar refractivity (Wildman–Crippen MR) is 62.2 cm³/mol. The van der Waals surface area contributed by atoms with Crippen LogP contribution in [0.4, 0.5) is 0 Å².